The molecule has 66 heavy (non-hydrogen) atoms. The third-order valence-electron chi connectivity index (χ3n) is 11.3. The fourth-order valence-electron chi connectivity index (χ4n) is 7.23. The summed E-state index contributed by atoms with van der Waals surface area (Å²) in [5.41, 5.74) is 0. The molecule has 0 amide bonds. The van der Waals surface area contributed by atoms with E-state index in [4.69, 9.17) is 9.47 Å². The average molecular weight is 913 g/mol. The molecule has 0 aromatic carbocycles. The number of aliphatic hydroxyl groups excluding tert-OH is 1. The lowest BCUT2D eigenvalue weighted by Crippen LogP contribution is -2.28. The molecule has 1 unspecified atom stereocenters. The van der Waals surface area contributed by atoms with Crippen molar-refractivity contribution in [2.24, 2.45) is 0 Å². The summed E-state index contributed by atoms with van der Waals surface area (Å²) in [7, 11) is 0. The van der Waals surface area contributed by atoms with Crippen molar-refractivity contribution < 1.29 is 24.2 Å². The summed E-state index contributed by atoms with van der Waals surface area (Å²) in [5.74, 6) is -0.602. The molecule has 0 bridgehead atoms. The largest absolute Gasteiger partial charge is 0.462 e. The molecule has 0 heterocycles. The predicted octanol–water partition coefficient (Wildman–Crippen LogP) is 18.3. The van der Waals surface area contributed by atoms with Gasteiger partial charge in [0.15, 0.2) is 6.10 Å². The van der Waals surface area contributed by atoms with Crippen LogP contribution in [0.15, 0.2) is 122 Å². The molecule has 0 aliphatic heterocycles. The number of aliphatic hydroxyl groups is 1. The first-order valence-electron chi connectivity index (χ1n) is 27.1. The van der Waals surface area contributed by atoms with Crippen molar-refractivity contribution in [3.63, 3.8) is 0 Å². The maximum Gasteiger partial charge on any atom is 0.306 e. The molecular weight excluding hydrogens is 813 g/mol. The first-order valence-corrected chi connectivity index (χ1v) is 27.1. The van der Waals surface area contributed by atoms with Gasteiger partial charge in [-0.2, -0.15) is 0 Å². The van der Waals surface area contributed by atoms with E-state index in [0.29, 0.717) is 12.8 Å². The molecule has 0 fully saturated rings. The van der Waals surface area contributed by atoms with Gasteiger partial charge in [0.05, 0.1) is 6.61 Å². The molecule has 5 nitrogen and oxygen atoms in total. The maximum absolute atomic E-state index is 12.3. The molecule has 1 atom stereocenters. The fraction of sp³-hybridized carbons (Fsp3) is 0.639. The van der Waals surface area contributed by atoms with E-state index >= 15 is 0 Å². The molecule has 0 saturated carbocycles. The van der Waals surface area contributed by atoms with Gasteiger partial charge in [0.25, 0.3) is 0 Å². The number of hydrogen-bond acceptors (Lipinski definition) is 5. The minimum absolute atomic E-state index is 0.0725. The minimum atomic E-state index is -0.781. The van der Waals surface area contributed by atoms with Crippen LogP contribution in [0.5, 0.6) is 0 Å². The van der Waals surface area contributed by atoms with Crippen LogP contribution in [-0.2, 0) is 19.1 Å². The third-order valence-corrected chi connectivity index (χ3v) is 11.3. The van der Waals surface area contributed by atoms with E-state index in [2.05, 4.69) is 135 Å². The second kappa shape index (κ2) is 55.6. The monoisotopic (exact) mass is 913 g/mol. The van der Waals surface area contributed by atoms with Crippen LogP contribution in [0.3, 0.4) is 0 Å². The summed E-state index contributed by atoms with van der Waals surface area (Å²) in [6.07, 6.45) is 81.6. The van der Waals surface area contributed by atoms with Crippen LogP contribution in [-0.4, -0.2) is 36.4 Å². The first-order chi connectivity index (χ1) is 32.6. The van der Waals surface area contributed by atoms with Crippen LogP contribution in [0.2, 0.25) is 0 Å². The topological polar surface area (TPSA) is 72.8 Å². The Morgan fingerprint density at radius 1 is 0.364 bits per heavy atom. The minimum Gasteiger partial charge on any atom is -0.462 e. The molecular formula is C61H100O5. The van der Waals surface area contributed by atoms with Gasteiger partial charge in [-0.15, -0.1) is 0 Å². The molecule has 374 valence electrons. The SMILES string of the molecule is CC/C=C\C/C=C\C/C=C\C/C=C\C/C=C\C/C=C\C/C=C\C/C=C\C/C=C\C/C=C\CCCCCCCCCCC(=O)OC(CO)COC(=O)CCCCCCCCCCCCCCC. The Bertz CT molecular complexity index is 1350. The molecule has 1 N–H and O–H groups in total. The predicted molar refractivity (Wildman–Crippen MR) is 288 cm³/mol. The van der Waals surface area contributed by atoms with E-state index in [0.717, 1.165) is 109 Å². The fourth-order valence-corrected chi connectivity index (χ4v) is 7.23. The zero-order valence-corrected chi connectivity index (χ0v) is 42.7. The van der Waals surface area contributed by atoms with Crippen LogP contribution in [0, 0.1) is 0 Å². The Morgan fingerprint density at radius 3 is 0.985 bits per heavy atom. The van der Waals surface area contributed by atoms with Crippen LogP contribution in [0.1, 0.15) is 232 Å². The molecule has 0 aliphatic rings. The Morgan fingerprint density at radius 2 is 0.652 bits per heavy atom. The van der Waals surface area contributed by atoms with Gasteiger partial charge in [-0.1, -0.05) is 251 Å². The third kappa shape index (κ3) is 52.9. The molecule has 0 aliphatic carbocycles. The van der Waals surface area contributed by atoms with Crippen LogP contribution in [0.4, 0.5) is 0 Å². The first kappa shape index (κ1) is 62.3. The Hall–Kier alpha value is -3.70. The Labute approximate surface area is 407 Å². The highest BCUT2D eigenvalue weighted by molar-refractivity contribution is 5.70. The van der Waals surface area contributed by atoms with Crippen molar-refractivity contribution in [3.8, 4) is 0 Å². The van der Waals surface area contributed by atoms with Gasteiger partial charge < -0.3 is 14.6 Å². The zero-order chi connectivity index (χ0) is 47.7. The average Bonchev–Trinajstić information content (AvgIpc) is 3.32. The molecule has 0 saturated heterocycles. The van der Waals surface area contributed by atoms with E-state index < -0.39 is 6.10 Å². The number of rotatable bonds is 48. The van der Waals surface area contributed by atoms with Gasteiger partial charge in [-0.25, -0.2) is 0 Å². The maximum atomic E-state index is 12.3. The van der Waals surface area contributed by atoms with Gasteiger partial charge in [0, 0.05) is 12.8 Å². The molecule has 0 radical (unpaired) electrons. The Balaban J connectivity index is 3.60. The van der Waals surface area contributed by atoms with E-state index in [1.165, 1.54) is 96.3 Å². The van der Waals surface area contributed by atoms with Crippen LogP contribution < -0.4 is 0 Å². The van der Waals surface area contributed by atoms with E-state index in [1.807, 2.05) is 0 Å². The second-order valence-electron chi connectivity index (χ2n) is 17.6. The van der Waals surface area contributed by atoms with Crippen molar-refractivity contribution >= 4 is 11.9 Å². The highest BCUT2D eigenvalue weighted by atomic mass is 16.6. The lowest BCUT2D eigenvalue weighted by molar-refractivity contribution is -0.161. The molecule has 0 spiro atoms. The van der Waals surface area contributed by atoms with Crippen molar-refractivity contribution in [3.05, 3.63) is 122 Å². The highest BCUT2D eigenvalue weighted by Gasteiger charge is 2.16. The molecule has 5 heteroatoms. The summed E-state index contributed by atoms with van der Waals surface area (Å²) >= 11 is 0. The summed E-state index contributed by atoms with van der Waals surface area (Å²) in [6.45, 7) is 4.01. The van der Waals surface area contributed by atoms with Crippen molar-refractivity contribution in [1.29, 1.82) is 0 Å². The normalized spacial score (nSPS) is 13.2. The number of carbonyl (C=O) groups is 2. The number of hydrogen-bond donors (Lipinski definition) is 1. The number of unbranched alkanes of at least 4 members (excludes halogenated alkanes) is 20. The van der Waals surface area contributed by atoms with E-state index in [1.54, 1.807) is 0 Å². The van der Waals surface area contributed by atoms with Crippen molar-refractivity contribution in [1.82, 2.24) is 0 Å². The van der Waals surface area contributed by atoms with Gasteiger partial charge >= 0.3 is 11.9 Å². The van der Waals surface area contributed by atoms with E-state index in [9.17, 15) is 14.7 Å². The zero-order valence-electron chi connectivity index (χ0n) is 42.7. The van der Waals surface area contributed by atoms with Gasteiger partial charge in [-0.05, 0) is 89.9 Å². The lowest BCUT2D eigenvalue weighted by Gasteiger charge is -2.15. The van der Waals surface area contributed by atoms with E-state index in [-0.39, 0.29) is 25.2 Å². The van der Waals surface area contributed by atoms with Gasteiger partial charge in [0.1, 0.15) is 6.61 Å². The number of carbonyl (C=O) groups excluding carboxylic acids is 2. The van der Waals surface area contributed by atoms with Crippen LogP contribution in [0.25, 0.3) is 0 Å². The second-order valence-corrected chi connectivity index (χ2v) is 17.6. The van der Waals surface area contributed by atoms with Gasteiger partial charge in [-0.3, -0.25) is 9.59 Å². The highest BCUT2D eigenvalue weighted by Crippen LogP contribution is 2.14. The quantitative estimate of drug-likeness (QED) is 0.0374. The van der Waals surface area contributed by atoms with Crippen molar-refractivity contribution in [2.75, 3.05) is 13.2 Å². The number of esters is 2. The number of allylic oxidation sites excluding steroid dienone is 20. The van der Waals surface area contributed by atoms with Crippen molar-refractivity contribution in [2.45, 2.75) is 238 Å². The molecule has 0 aromatic heterocycles. The smallest absolute Gasteiger partial charge is 0.306 e. The standard InChI is InChI=1S/C61H100O5/c1-3-5-7-9-11-13-15-17-18-19-20-21-22-23-24-25-26-27-28-29-30-31-32-33-34-35-36-37-38-39-40-41-42-44-46-48-50-52-54-56-61(64)66-59(57-62)58-65-60(63)55-53-51-49-47-45-43-16-14-12-10-8-6-4-2/h5,7,11,13,17-18,20-21,23-24,26-27,29-30,32-33,35-36,38-39,59,62H,3-4,6,8-10,12,14-16,19,22,25,28,31,34,37,40-58H2,1-2H3/b7-5-,13-11-,18-17-,21-20-,24-23-,27-26-,30-29-,33-32-,36-35-,39-38-. The number of ether oxygens (including phenoxy) is 2. The van der Waals surface area contributed by atoms with Crippen LogP contribution >= 0.6 is 0 Å². The Kier molecular flexibility index (Phi) is 52.5. The molecule has 0 rings (SSSR count). The summed E-state index contributed by atoms with van der Waals surface area (Å²) in [5, 5.41) is 9.61. The summed E-state index contributed by atoms with van der Waals surface area (Å²) < 4.78 is 10.7. The lowest BCUT2D eigenvalue weighted by atomic mass is 10.0. The summed E-state index contributed by atoms with van der Waals surface area (Å²) in [4.78, 5) is 24.4. The summed E-state index contributed by atoms with van der Waals surface area (Å²) in [6, 6.07) is 0. The van der Waals surface area contributed by atoms with Gasteiger partial charge in [0.2, 0.25) is 0 Å². The molecule has 0 aromatic rings.